The number of hydrogen-bond donors (Lipinski definition) is 1. The lowest BCUT2D eigenvalue weighted by molar-refractivity contribution is 0.0952. The molecule has 2 nitrogen and oxygen atoms in total. The topological polar surface area (TPSA) is 29.1 Å². The summed E-state index contributed by atoms with van der Waals surface area (Å²) in [6.07, 6.45) is 3.23. The van der Waals surface area contributed by atoms with Gasteiger partial charge in [-0.15, -0.1) is 0 Å². The van der Waals surface area contributed by atoms with Gasteiger partial charge in [0.05, 0.1) is 5.56 Å². The number of benzene rings is 1. The second-order valence-corrected chi connectivity index (χ2v) is 5.56. The average Bonchev–Trinajstić information content (AvgIpc) is 2.32. The zero-order valence-electron chi connectivity index (χ0n) is 9.31. The number of halogens is 3. The second-order valence-electron chi connectivity index (χ2n) is 3.63. The zero-order chi connectivity index (χ0) is 12.7. The first-order chi connectivity index (χ1) is 8.15. The van der Waals surface area contributed by atoms with Crippen molar-refractivity contribution in [1.29, 1.82) is 0 Å². The maximum atomic E-state index is 13.0. The van der Waals surface area contributed by atoms with Crippen molar-refractivity contribution < 1.29 is 9.18 Å². The molecule has 1 N–H and O–H groups in total. The Bertz CT molecular complexity index is 387. The van der Waals surface area contributed by atoms with Gasteiger partial charge in [0.2, 0.25) is 0 Å². The zero-order valence-corrected chi connectivity index (χ0v) is 13.1. The van der Waals surface area contributed by atoms with Crippen LogP contribution in [0.25, 0.3) is 0 Å². The van der Waals surface area contributed by atoms with Crippen LogP contribution in [0, 0.1) is 5.82 Å². The van der Waals surface area contributed by atoms with E-state index in [9.17, 15) is 9.18 Å². The summed E-state index contributed by atoms with van der Waals surface area (Å²) in [5.74, 6) is -0.630. The summed E-state index contributed by atoms with van der Waals surface area (Å²) in [7, 11) is 0. The van der Waals surface area contributed by atoms with Gasteiger partial charge < -0.3 is 5.32 Å². The van der Waals surface area contributed by atoms with Gasteiger partial charge in [0.15, 0.2) is 0 Å². The molecule has 0 radical (unpaired) electrons. The summed E-state index contributed by atoms with van der Waals surface area (Å²) in [6, 6.07) is 4.10. The molecular formula is C12H14BrFINO. The third-order valence-corrected chi connectivity index (χ3v) is 3.72. The van der Waals surface area contributed by atoms with Gasteiger partial charge in [-0.05, 0) is 51.4 Å². The van der Waals surface area contributed by atoms with E-state index in [1.165, 1.54) is 18.6 Å². The summed E-state index contributed by atoms with van der Waals surface area (Å²) in [4.78, 5) is 11.7. The highest BCUT2D eigenvalue weighted by Gasteiger charge is 2.10. The number of carbonyl (C=O) groups excluding carboxylic acids is 1. The highest BCUT2D eigenvalue weighted by atomic mass is 127. The minimum absolute atomic E-state index is 0.231. The van der Waals surface area contributed by atoms with Crippen LogP contribution in [0.3, 0.4) is 0 Å². The summed E-state index contributed by atoms with van der Waals surface area (Å²) in [5, 5.41) is 2.79. The lowest BCUT2D eigenvalue weighted by atomic mass is 10.2. The van der Waals surface area contributed by atoms with E-state index >= 15 is 0 Å². The Morgan fingerprint density at radius 3 is 2.82 bits per heavy atom. The van der Waals surface area contributed by atoms with Gasteiger partial charge in [0.25, 0.3) is 5.91 Å². The van der Waals surface area contributed by atoms with Crippen LogP contribution in [0.4, 0.5) is 4.39 Å². The minimum atomic E-state index is -0.400. The average molecular weight is 414 g/mol. The number of carbonyl (C=O) groups is 1. The van der Waals surface area contributed by atoms with Crippen LogP contribution in [0.5, 0.6) is 0 Å². The Labute approximate surface area is 123 Å². The van der Waals surface area contributed by atoms with Gasteiger partial charge in [-0.2, -0.15) is 0 Å². The minimum Gasteiger partial charge on any atom is -0.352 e. The number of hydrogen-bond acceptors (Lipinski definition) is 1. The molecule has 0 spiro atoms. The Morgan fingerprint density at radius 1 is 1.35 bits per heavy atom. The normalized spacial score (nSPS) is 10.3. The smallest absolute Gasteiger partial charge is 0.252 e. The van der Waals surface area contributed by atoms with E-state index in [2.05, 4.69) is 43.8 Å². The molecular weight excluding hydrogens is 400 g/mol. The van der Waals surface area contributed by atoms with Gasteiger partial charge >= 0.3 is 0 Å². The van der Waals surface area contributed by atoms with Crippen molar-refractivity contribution in [1.82, 2.24) is 5.32 Å². The van der Waals surface area contributed by atoms with E-state index < -0.39 is 5.82 Å². The Balaban J connectivity index is 2.44. The van der Waals surface area contributed by atoms with Crippen LogP contribution < -0.4 is 5.32 Å². The van der Waals surface area contributed by atoms with E-state index in [1.54, 1.807) is 6.07 Å². The summed E-state index contributed by atoms with van der Waals surface area (Å²) in [6.45, 7) is 0.637. The molecule has 1 aromatic rings. The molecule has 1 aromatic carbocycles. The third-order valence-electron chi connectivity index (χ3n) is 2.27. The first-order valence-electron chi connectivity index (χ1n) is 5.44. The van der Waals surface area contributed by atoms with Crippen molar-refractivity contribution in [2.45, 2.75) is 19.3 Å². The molecule has 0 aliphatic carbocycles. The van der Waals surface area contributed by atoms with E-state index in [0.717, 1.165) is 17.3 Å². The molecule has 5 heteroatoms. The van der Waals surface area contributed by atoms with Crippen LogP contribution in [0.2, 0.25) is 0 Å². The Morgan fingerprint density at radius 2 is 2.12 bits per heavy atom. The number of rotatable bonds is 6. The molecule has 0 aromatic heterocycles. The van der Waals surface area contributed by atoms with Gasteiger partial charge in [-0.3, -0.25) is 4.79 Å². The number of alkyl halides is 1. The molecule has 1 rings (SSSR count). The van der Waals surface area contributed by atoms with Gasteiger partial charge in [0, 0.05) is 11.0 Å². The molecule has 17 heavy (non-hydrogen) atoms. The molecule has 0 saturated heterocycles. The quantitative estimate of drug-likeness (QED) is 0.427. The van der Waals surface area contributed by atoms with Crippen LogP contribution in [0.15, 0.2) is 22.7 Å². The van der Waals surface area contributed by atoms with E-state index in [0.29, 0.717) is 16.6 Å². The highest BCUT2D eigenvalue weighted by molar-refractivity contribution is 14.1. The van der Waals surface area contributed by atoms with Crippen molar-refractivity contribution in [3.8, 4) is 0 Å². The van der Waals surface area contributed by atoms with Crippen LogP contribution in [-0.4, -0.2) is 16.9 Å². The van der Waals surface area contributed by atoms with Crippen molar-refractivity contribution in [3.05, 3.63) is 34.1 Å². The standard InChI is InChI=1S/C12H14BrFINO/c13-11-5-4-9(14)8-10(11)12(17)16-7-3-1-2-6-15/h4-5,8H,1-3,6-7H2,(H,16,17). The monoisotopic (exact) mass is 413 g/mol. The summed E-state index contributed by atoms with van der Waals surface area (Å²) < 4.78 is 14.7. The molecule has 0 aliphatic rings. The fourth-order valence-electron chi connectivity index (χ4n) is 1.36. The second kappa shape index (κ2) is 8.02. The molecule has 0 saturated carbocycles. The van der Waals surface area contributed by atoms with Gasteiger partial charge in [-0.1, -0.05) is 29.0 Å². The lowest BCUT2D eigenvalue weighted by Crippen LogP contribution is -2.24. The Hall–Kier alpha value is -0.170. The number of nitrogens with one attached hydrogen (secondary N) is 1. The van der Waals surface area contributed by atoms with Crippen LogP contribution >= 0.6 is 38.5 Å². The van der Waals surface area contributed by atoms with Crippen LogP contribution in [0.1, 0.15) is 29.6 Å². The maximum Gasteiger partial charge on any atom is 0.252 e. The fourth-order valence-corrected chi connectivity index (χ4v) is 2.33. The molecule has 0 unspecified atom stereocenters. The summed E-state index contributed by atoms with van der Waals surface area (Å²) in [5.41, 5.74) is 0.346. The first kappa shape index (κ1) is 14.9. The van der Waals surface area contributed by atoms with Crippen molar-refractivity contribution in [2.75, 3.05) is 11.0 Å². The Kier molecular flexibility index (Phi) is 7.03. The molecule has 0 bridgehead atoms. The largest absolute Gasteiger partial charge is 0.352 e. The highest BCUT2D eigenvalue weighted by Crippen LogP contribution is 2.17. The van der Waals surface area contributed by atoms with Gasteiger partial charge in [0.1, 0.15) is 5.82 Å². The maximum absolute atomic E-state index is 13.0. The van der Waals surface area contributed by atoms with Crippen molar-refractivity contribution in [3.63, 3.8) is 0 Å². The summed E-state index contributed by atoms with van der Waals surface area (Å²) >= 11 is 5.57. The fraction of sp³-hybridized carbons (Fsp3) is 0.417. The van der Waals surface area contributed by atoms with Crippen molar-refractivity contribution in [2.24, 2.45) is 0 Å². The molecule has 1 amide bonds. The van der Waals surface area contributed by atoms with E-state index in [1.807, 2.05) is 0 Å². The molecule has 0 heterocycles. The lowest BCUT2D eigenvalue weighted by Gasteiger charge is -2.06. The number of amides is 1. The predicted octanol–water partition coefficient (Wildman–Crippen LogP) is 3.92. The molecule has 0 atom stereocenters. The number of unbranched alkanes of at least 4 members (excludes halogenated alkanes) is 2. The molecule has 0 fully saturated rings. The SMILES string of the molecule is O=C(NCCCCCI)c1cc(F)ccc1Br. The molecule has 0 aliphatic heterocycles. The van der Waals surface area contributed by atoms with E-state index in [-0.39, 0.29) is 5.91 Å². The first-order valence-corrected chi connectivity index (χ1v) is 7.76. The van der Waals surface area contributed by atoms with Gasteiger partial charge in [-0.25, -0.2) is 4.39 Å². The molecule has 94 valence electrons. The predicted molar refractivity (Wildman–Crippen MR) is 79.2 cm³/mol. The van der Waals surface area contributed by atoms with Crippen LogP contribution in [-0.2, 0) is 0 Å². The van der Waals surface area contributed by atoms with E-state index in [4.69, 9.17) is 0 Å². The van der Waals surface area contributed by atoms with Crippen molar-refractivity contribution >= 4 is 44.4 Å². The third kappa shape index (κ3) is 5.33.